The maximum atomic E-state index is 13.7. The second kappa shape index (κ2) is 9.81. The van der Waals surface area contributed by atoms with E-state index in [4.69, 9.17) is 14.2 Å². The molecule has 1 saturated heterocycles. The van der Waals surface area contributed by atoms with Gasteiger partial charge in [-0.15, -0.1) is 0 Å². The first kappa shape index (κ1) is 27.8. The molecule has 0 spiro atoms. The molecule has 1 N–H and O–H groups in total. The molecule has 0 aromatic carbocycles. The summed E-state index contributed by atoms with van der Waals surface area (Å²) in [5, 5.41) is 10.6. The van der Waals surface area contributed by atoms with Crippen molar-refractivity contribution in [2.24, 2.45) is 23.2 Å². The van der Waals surface area contributed by atoms with E-state index in [0.717, 1.165) is 24.8 Å². The zero-order valence-electron chi connectivity index (χ0n) is 23.4. The van der Waals surface area contributed by atoms with Gasteiger partial charge in [-0.05, 0) is 62.7 Å². The van der Waals surface area contributed by atoms with Gasteiger partial charge in [0.1, 0.15) is 12.2 Å². The van der Waals surface area contributed by atoms with Crippen molar-refractivity contribution in [2.45, 2.75) is 111 Å². The summed E-state index contributed by atoms with van der Waals surface area (Å²) < 4.78 is 18.4. The zero-order valence-corrected chi connectivity index (χ0v) is 23.4. The van der Waals surface area contributed by atoms with E-state index in [0.29, 0.717) is 17.6 Å². The lowest BCUT2D eigenvalue weighted by Gasteiger charge is -2.55. The molecule has 8 unspecified atom stereocenters. The number of ether oxygens (including phenoxy) is 3. The molecule has 0 bridgehead atoms. The maximum Gasteiger partial charge on any atom is 0.302 e. The lowest BCUT2D eigenvalue weighted by Crippen LogP contribution is -2.57. The molecule has 0 amide bonds. The third-order valence-electron chi connectivity index (χ3n) is 9.12. The number of fused-ring (bicyclic) bond motifs is 3. The number of ketones is 2. The second-order valence-corrected chi connectivity index (χ2v) is 12.4. The van der Waals surface area contributed by atoms with Gasteiger partial charge in [-0.1, -0.05) is 41.0 Å². The van der Waals surface area contributed by atoms with Gasteiger partial charge in [0.2, 0.25) is 5.78 Å². The molecule has 0 radical (unpaired) electrons. The highest BCUT2D eigenvalue weighted by molar-refractivity contribution is 6.23. The molecule has 0 aromatic rings. The predicted molar refractivity (Wildman–Crippen MR) is 138 cm³/mol. The van der Waals surface area contributed by atoms with Crippen LogP contribution in [0.2, 0.25) is 0 Å². The molecular weight excluding hydrogens is 472 g/mol. The zero-order chi connectivity index (χ0) is 27.4. The molecule has 204 valence electrons. The SMILES string of the molecule is CCC(C)C(OC(C)=O)C(C)C1=CC(=O)C2=C(OC3C(=C2)C2(C)CCC(C(C)(C)O)OC2CC3C)C1=O. The van der Waals surface area contributed by atoms with Crippen molar-refractivity contribution in [3.63, 3.8) is 0 Å². The maximum absolute atomic E-state index is 13.7. The van der Waals surface area contributed by atoms with Crippen LogP contribution in [-0.4, -0.2) is 52.7 Å². The van der Waals surface area contributed by atoms with Gasteiger partial charge >= 0.3 is 5.97 Å². The van der Waals surface area contributed by atoms with Crippen molar-refractivity contribution >= 4 is 17.5 Å². The topological polar surface area (TPSA) is 99.1 Å². The quantitative estimate of drug-likeness (QED) is 0.408. The summed E-state index contributed by atoms with van der Waals surface area (Å²) in [5.74, 6) is -1.25. The molecule has 0 aromatic heterocycles. The summed E-state index contributed by atoms with van der Waals surface area (Å²) in [4.78, 5) is 38.9. The number of Topliss-reactive ketones (excluding diaryl/α,β-unsaturated/α-hetero) is 1. The number of allylic oxidation sites excluding steroid dienone is 4. The molecule has 7 nitrogen and oxygen atoms in total. The largest absolute Gasteiger partial charge is 0.481 e. The number of hydrogen-bond donors (Lipinski definition) is 1. The minimum Gasteiger partial charge on any atom is -0.481 e. The first-order valence-corrected chi connectivity index (χ1v) is 13.7. The highest BCUT2D eigenvalue weighted by Gasteiger charge is 2.55. The Bertz CT molecular complexity index is 1070. The number of carbonyl (C=O) groups is 3. The predicted octanol–water partition coefficient (Wildman–Crippen LogP) is 4.62. The van der Waals surface area contributed by atoms with E-state index in [1.807, 2.05) is 26.8 Å². The molecule has 4 rings (SSSR count). The van der Waals surface area contributed by atoms with Crippen LogP contribution in [-0.2, 0) is 28.6 Å². The fourth-order valence-electron chi connectivity index (χ4n) is 6.53. The van der Waals surface area contributed by atoms with E-state index in [-0.39, 0.29) is 52.9 Å². The Morgan fingerprint density at radius 3 is 2.54 bits per heavy atom. The van der Waals surface area contributed by atoms with E-state index in [2.05, 4.69) is 13.8 Å². The van der Waals surface area contributed by atoms with Crippen molar-refractivity contribution in [1.29, 1.82) is 0 Å². The van der Waals surface area contributed by atoms with E-state index in [1.165, 1.54) is 13.0 Å². The van der Waals surface area contributed by atoms with Gasteiger partial charge in [0.15, 0.2) is 11.5 Å². The van der Waals surface area contributed by atoms with Gasteiger partial charge in [-0.2, -0.15) is 0 Å². The Labute approximate surface area is 220 Å². The Kier molecular flexibility index (Phi) is 7.36. The Morgan fingerprint density at radius 1 is 1.27 bits per heavy atom. The minimum absolute atomic E-state index is 0.0196. The standard InChI is InChI=1S/C30H42O7/c1-9-15(2)26(35-18(5)31)17(4)19-14-22(32)20-13-21-27(37-28(20)25(19)33)16(3)12-24-30(21,8)11-10-23(36-24)29(6,7)34/h13-17,23-24,26-27,34H,9-12H2,1-8H3. The average molecular weight is 515 g/mol. The Morgan fingerprint density at radius 2 is 1.95 bits per heavy atom. The first-order valence-electron chi connectivity index (χ1n) is 13.7. The van der Waals surface area contributed by atoms with Crippen LogP contribution in [0, 0.1) is 23.2 Å². The summed E-state index contributed by atoms with van der Waals surface area (Å²) in [6.07, 6.45) is 5.06. The van der Waals surface area contributed by atoms with Gasteiger partial charge in [-0.3, -0.25) is 14.4 Å². The minimum atomic E-state index is -0.933. The van der Waals surface area contributed by atoms with Crippen LogP contribution >= 0.6 is 0 Å². The lowest BCUT2D eigenvalue weighted by molar-refractivity contribution is -0.195. The monoisotopic (exact) mass is 514 g/mol. The molecule has 2 aliphatic carbocycles. The number of rotatable bonds is 6. The Balaban J connectivity index is 1.67. The average Bonchev–Trinajstić information content (AvgIpc) is 2.83. The smallest absolute Gasteiger partial charge is 0.302 e. The van der Waals surface area contributed by atoms with Gasteiger partial charge in [0, 0.05) is 23.8 Å². The van der Waals surface area contributed by atoms with Gasteiger partial charge in [-0.25, -0.2) is 0 Å². The third-order valence-corrected chi connectivity index (χ3v) is 9.12. The fourth-order valence-corrected chi connectivity index (χ4v) is 6.53. The van der Waals surface area contributed by atoms with Gasteiger partial charge < -0.3 is 19.3 Å². The van der Waals surface area contributed by atoms with Crippen LogP contribution < -0.4 is 0 Å². The van der Waals surface area contributed by atoms with Crippen molar-refractivity contribution in [3.05, 3.63) is 34.6 Å². The van der Waals surface area contributed by atoms with Crippen molar-refractivity contribution in [3.8, 4) is 0 Å². The molecular formula is C30H42O7. The normalized spacial score (nSPS) is 34.2. The van der Waals surface area contributed by atoms with Crippen LogP contribution in [0.25, 0.3) is 0 Å². The number of aliphatic hydroxyl groups is 1. The van der Waals surface area contributed by atoms with Crippen LogP contribution in [0.3, 0.4) is 0 Å². The Hall–Kier alpha value is -2.25. The summed E-state index contributed by atoms with van der Waals surface area (Å²) in [5.41, 5.74) is 0.326. The van der Waals surface area contributed by atoms with Crippen LogP contribution in [0.5, 0.6) is 0 Å². The number of esters is 1. The number of carbonyl (C=O) groups excluding carboxylic acids is 3. The molecule has 1 saturated carbocycles. The summed E-state index contributed by atoms with van der Waals surface area (Å²) in [7, 11) is 0. The molecule has 4 aliphatic rings. The second-order valence-electron chi connectivity index (χ2n) is 12.4. The van der Waals surface area contributed by atoms with E-state index in [9.17, 15) is 19.5 Å². The summed E-state index contributed by atoms with van der Waals surface area (Å²) in [6.45, 7) is 15.0. The number of hydrogen-bond acceptors (Lipinski definition) is 7. The fraction of sp³-hybridized carbons (Fsp3) is 0.700. The third kappa shape index (κ3) is 4.85. The first-order chi connectivity index (χ1) is 17.2. The van der Waals surface area contributed by atoms with Crippen molar-refractivity contribution < 1.29 is 33.7 Å². The van der Waals surface area contributed by atoms with Gasteiger partial charge in [0.05, 0.1) is 23.4 Å². The van der Waals surface area contributed by atoms with Crippen molar-refractivity contribution in [2.75, 3.05) is 0 Å². The highest BCUT2D eigenvalue weighted by atomic mass is 16.5. The van der Waals surface area contributed by atoms with Crippen LogP contribution in [0.4, 0.5) is 0 Å². The van der Waals surface area contributed by atoms with E-state index in [1.54, 1.807) is 13.8 Å². The molecule has 2 aliphatic heterocycles. The van der Waals surface area contributed by atoms with Gasteiger partial charge in [0.25, 0.3) is 0 Å². The van der Waals surface area contributed by atoms with Crippen LogP contribution in [0.1, 0.15) is 81.1 Å². The highest BCUT2D eigenvalue weighted by Crippen LogP contribution is 2.55. The lowest BCUT2D eigenvalue weighted by atomic mass is 9.60. The van der Waals surface area contributed by atoms with Crippen molar-refractivity contribution in [1.82, 2.24) is 0 Å². The summed E-state index contributed by atoms with van der Waals surface area (Å²) >= 11 is 0. The van der Waals surface area contributed by atoms with Crippen LogP contribution in [0.15, 0.2) is 34.6 Å². The molecule has 37 heavy (non-hydrogen) atoms. The summed E-state index contributed by atoms with van der Waals surface area (Å²) in [6, 6.07) is 0. The van der Waals surface area contributed by atoms with E-state index < -0.39 is 23.6 Å². The van der Waals surface area contributed by atoms with E-state index >= 15 is 0 Å². The molecule has 2 fully saturated rings. The molecule has 7 heteroatoms. The molecule has 2 heterocycles. The molecule has 8 atom stereocenters.